The first-order chi connectivity index (χ1) is 8.45. The first-order valence-corrected chi connectivity index (χ1v) is 8.69. The minimum atomic E-state index is -3.61. The lowest BCUT2D eigenvalue weighted by molar-refractivity contribution is 0.479. The van der Waals surface area contributed by atoms with Gasteiger partial charge in [-0.3, -0.25) is 4.68 Å². The van der Waals surface area contributed by atoms with E-state index in [1.165, 1.54) is 10.9 Å². The van der Waals surface area contributed by atoms with Crippen LogP contribution in [0.1, 0.15) is 19.3 Å². The third-order valence-electron chi connectivity index (χ3n) is 3.26. The average Bonchev–Trinajstić information content (AvgIpc) is 2.85. The molecule has 1 fully saturated rings. The quantitative estimate of drug-likeness (QED) is 0.838. The summed E-state index contributed by atoms with van der Waals surface area (Å²) in [5, 5.41) is 4.84. The smallest absolute Gasteiger partial charge is 0.255 e. The first-order valence-electron chi connectivity index (χ1n) is 5.71. The van der Waals surface area contributed by atoms with Crippen LogP contribution in [0, 0.1) is 5.92 Å². The van der Waals surface area contributed by atoms with Crippen LogP contribution in [0.15, 0.2) is 11.2 Å². The molecule has 0 aromatic carbocycles. The third-order valence-corrected chi connectivity index (χ3v) is 6.09. The van der Waals surface area contributed by atoms with Crippen molar-refractivity contribution in [2.45, 2.75) is 30.3 Å². The summed E-state index contributed by atoms with van der Waals surface area (Å²) < 4.78 is 28.6. The fourth-order valence-corrected chi connectivity index (χ4v) is 5.10. The molecule has 0 spiro atoms. The van der Waals surface area contributed by atoms with E-state index < -0.39 is 10.0 Å². The topological polar surface area (TPSA) is 64.0 Å². The van der Waals surface area contributed by atoms with E-state index in [4.69, 9.17) is 11.6 Å². The van der Waals surface area contributed by atoms with Gasteiger partial charge in [-0.05, 0) is 18.8 Å². The summed E-state index contributed by atoms with van der Waals surface area (Å²) in [5.74, 6) is 0.340. The van der Waals surface area contributed by atoms with Gasteiger partial charge in [0, 0.05) is 18.4 Å². The fraction of sp³-hybridized carbons (Fsp3) is 0.700. The predicted molar refractivity (Wildman–Crippen MR) is 73.5 cm³/mol. The molecule has 0 amide bonds. The molecule has 1 N–H and O–H groups in total. The largest absolute Gasteiger partial charge is 0.259 e. The van der Waals surface area contributed by atoms with E-state index in [2.05, 4.69) is 25.8 Å². The van der Waals surface area contributed by atoms with Gasteiger partial charge in [-0.25, -0.2) is 13.1 Å². The first kappa shape index (κ1) is 14.3. The molecule has 1 heterocycles. The molecular formula is C10H15BrClN3O2S. The molecule has 1 aliphatic carbocycles. The molecule has 1 aliphatic rings. The van der Waals surface area contributed by atoms with Crippen molar-refractivity contribution in [3.05, 3.63) is 11.2 Å². The summed E-state index contributed by atoms with van der Waals surface area (Å²) in [4.78, 5) is 0. The highest BCUT2D eigenvalue weighted by atomic mass is 79.9. The highest BCUT2D eigenvalue weighted by Crippen LogP contribution is 2.29. The Bertz CT molecular complexity index is 512. The van der Waals surface area contributed by atoms with E-state index in [0.717, 1.165) is 24.6 Å². The van der Waals surface area contributed by atoms with Crippen molar-refractivity contribution in [2.24, 2.45) is 13.0 Å². The maximum absolute atomic E-state index is 12.3. The molecular weight excluding hydrogens is 342 g/mol. The maximum atomic E-state index is 12.3. The lowest BCUT2D eigenvalue weighted by Crippen LogP contribution is -2.38. The molecule has 2 atom stereocenters. The molecule has 0 radical (unpaired) electrons. The maximum Gasteiger partial charge on any atom is 0.259 e. The van der Waals surface area contributed by atoms with E-state index >= 15 is 0 Å². The van der Waals surface area contributed by atoms with Crippen LogP contribution in [0.4, 0.5) is 0 Å². The normalized spacial score (nSPS) is 24.6. The van der Waals surface area contributed by atoms with Crippen molar-refractivity contribution in [3.63, 3.8) is 0 Å². The van der Waals surface area contributed by atoms with Crippen LogP contribution in [0.5, 0.6) is 0 Å². The highest BCUT2D eigenvalue weighted by Gasteiger charge is 2.32. The van der Waals surface area contributed by atoms with Crippen LogP contribution in [0.3, 0.4) is 0 Å². The predicted octanol–water partition coefficient (Wildman–Crippen LogP) is 1.92. The Morgan fingerprint density at radius 2 is 2.33 bits per heavy atom. The van der Waals surface area contributed by atoms with Crippen molar-refractivity contribution in [1.29, 1.82) is 0 Å². The second kappa shape index (κ2) is 5.48. The molecule has 8 heteroatoms. The molecule has 0 bridgehead atoms. The Morgan fingerprint density at radius 3 is 2.89 bits per heavy atom. The molecule has 0 aliphatic heterocycles. The lowest BCUT2D eigenvalue weighted by atomic mass is 10.1. The number of hydrogen-bond acceptors (Lipinski definition) is 3. The van der Waals surface area contributed by atoms with E-state index in [-0.39, 0.29) is 16.1 Å². The summed E-state index contributed by atoms with van der Waals surface area (Å²) in [6, 6.07) is -0.0275. The lowest BCUT2D eigenvalue weighted by Gasteiger charge is -2.19. The fourth-order valence-electron chi connectivity index (χ4n) is 2.33. The number of halogens is 2. The zero-order valence-electron chi connectivity index (χ0n) is 9.94. The standard InChI is InChI=1S/C10H15BrClN3O2S/c1-15-10(8(12)6-13-15)18(16,17)14-9-4-2-3-7(9)5-11/h6-7,9,14H,2-5H2,1H3. The second-order valence-corrected chi connectivity index (χ2v) is 7.18. The van der Waals surface area contributed by atoms with E-state index in [9.17, 15) is 8.42 Å². The zero-order valence-corrected chi connectivity index (χ0v) is 13.1. The Kier molecular flexibility index (Phi) is 4.36. The third kappa shape index (κ3) is 2.74. The Labute approximate surface area is 120 Å². The van der Waals surface area contributed by atoms with Crippen LogP contribution in [-0.4, -0.2) is 29.6 Å². The Morgan fingerprint density at radius 1 is 1.61 bits per heavy atom. The van der Waals surface area contributed by atoms with Gasteiger partial charge in [0.2, 0.25) is 0 Å². The summed E-state index contributed by atoms with van der Waals surface area (Å²) in [6.45, 7) is 0. The second-order valence-electron chi connectivity index (χ2n) is 4.49. The van der Waals surface area contributed by atoms with Gasteiger partial charge < -0.3 is 0 Å². The van der Waals surface area contributed by atoms with Crippen LogP contribution < -0.4 is 4.72 Å². The minimum Gasteiger partial charge on any atom is -0.255 e. The van der Waals surface area contributed by atoms with Crippen molar-refractivity contribution in [3.8, 4) is 0 Å². The van der Waals surface area contributed by atoms with Crippen molar-refractivity contribution in [2.75, 3.05) is 5.33 Å². The molecule has 2 rings (SSSR count). The highest BCUT2D eigenvalue weighted by molar-refractivity contribution is 9.09. The van der Waals surface area contributed by atoms with Gasteiger partial charge in [0.05, 0.1) is 11.2 Å². The van der Waals surface area contributed by atoms with Crippen LogP contribution in [0.25, 0.3) is 0 Å². The summed E-state index contributed by atoms with van der Waals surface area (Å²) in [6.07, 6.45) is 4.29. The molecule has 5 nitrogen and oxygen atoms in total. The molecule has 0 saturated heterocycles. The molecule has 1 aromatic heterocycles. The number of hydrogen-bond donors (Lipinski definition) is 1. The summed E-state index contributed by atoms with van der Waals surface area (Å²) in [7, 11) is -2.04. The molecule has 1 aromatic rings. The summed E-state index contributed by atoms with van der Waals surface area (Å²) >= 11 is 9.30. The molecule has 18 heavy (non-hydrogen) atoms. The number of rotatable bonds is 4. The SMILES string of the molecule is Cn1ncc(Cl)c1S(=O)(=O)NC1CCCC1CBr. The van der Waals surface area contributed by atoms with Crippen LogP contribution in [0.2, 0.25) is 5.02 Å². The van der Waals surface area contributed by atoms with Gasteiger partial charge in [-0.2, -0.15) is 5.10 Å². The molecule has 1 saturated carbocycles. The number of aromatic nitrogens is 2. The summed E-state index contributed by atoms with van der Waals surface area (Å²) in [5.41, 5.74) is 0. The van der Waals surface area contributed by atoms with E-state index in [1.54, 1.807) is 7.05 Å². The number of nitrogens with one attached hydrogen (secondary N) is 1. The monoisotopic (exact) mass is 355 g/mol. The average molecular weight is 357 g/mol. The Hall–Kier alpha value is -0.110. The van der Waals surface area contributed by atoms with Crippen molar-refractivity contribution < 1.29 is 8.42 Å². The van der Waals surface area contributed by atoms with Crippen molar-refractivity contribution >= 4 is 37.6 Å². The van der Waals surface area contributed by atoms with E-state index in [1.807, 2.05) is 0 Å². The Balaban J connectivity index is 2.23. The zero-order chi connectivity index (χ0) is 13.3. The number of alkyl halides is 1. The van der Waals surface area contributed by atoms with Crippen molar-refractivity contribution in [1.82, 2.24) is 14.5 Å². The van der Waals surface area contributed by atoms with Crippen LogP contribution >= 0.6 is 27.5 Å². The van der Waals surface area contributed by atoms with E-state index in [0.29, 0.717) is 5.92 Å². The van der Waals surface area contributed by atoms with Gasteiger partial charge in [0.1, 0.15) is 0 Å². The minimum absolute atomic E-state index is 0.0275. The molecule has 2 unspecified atom stereocenters. The molecule has 102 valence electrons. The van der Waals surface area contributed by atoms with Crippen LogP contribution in [-0.2, 0) is 17.1 Å². The van der Waals surface area contributed by atoms with Gasteiger partial charge in [0.15, 0.2) is 5.03 Å². The van der Waals surface area contributed by atoms with Gasteiger partial charge in [0.25, 0.3) is 10.0 Å². The van der Waals surface area contributed by atoms with Gasteiger partial charge in [-0.1, -0.05) is 34.0 Å². The number of nitrogens with zero attached hydrogens (tertiary/aromatic N) is 2. The van der Waals surface area contributed by atoms with Gasteiger partial charge >= 0.3 is 0 Å². The number of aryl methyl sites for hydroxylation is 1. The number of sulfonamides is 1. The van der Waals surface area contributed by atoms with Gasteiger partial charge in [-0.15, -0.1) is 0 Å².